The second-order valence-corrected chi connectivity index (χ2v) is 15.8. The zero-order valence-electron chi connectivity index (χ0n) is 17.2. The first-order chi connectivity index (χ1) is 14.1. The molecule has 0 heterocycles. The predicted molar refractivity (Wildman–Crippen MR) is 124 cm³/mol. The molecule has 0 aliphatic heterocycles. The predicted octanol–water partition coefficient (Wildman–Crippen LogP) is 7.73. The van der Waals surface area contributed by atoms with Gasteiger partial charge in [0.15, 0.2) is 0 Å². The number of fused-ring (bicyclic) bond motifs is 2. The number of rotatable bonds is 4. The Labute approximate surface area is 186 Å². The summed E-state index contributed by atoms with van der Waals surface area (Å²) < 4.78 is 1.44. The van der Waals surface area contributed by atoms with E-state index < -0.39 is 22.9 Å². The first kappa shape index (κ1) is 19.4. The van der Waals surface area contributed by atoms with Crippen LogP contribution in [-0.2, 0) is 22.9 Å². The van der Waals surface area contributed by atoms with Crippen molar-refractivity contribution in [3.8, 4) is 11.1 Å². The molecule has 3 aromatic rings. The molecule has 0 radical (unpaired) electrons. The van der Waals surface area contributed by atoms with Gasteiger partial charge in [0.1, 0.15) is 0 Å². The number of allylic oxidation sites excluding steroid dienone is 2. The molecular weight excluding hydrogens is 534 g/mol. The van der Waals surface area contributed by atoms with E-state index in [0.717, 1.165) is 3.67 Å². The number of hydrogen-bond donors (Lipinski definition) is 0. The monoisotopic (exact) mass is 560 g/mol. The van der Waals surface area contributed by atoms with Gasteiger partial charge < -0.3 is 0 Å². The minimum absolute atomic E-state index is 0.0411. The van der Waals surface area contributed by atoms with Crippen molar-refractivity contribution in [1.82, 2.24) is 0 Å². The molecule has 5 rings (SSSR count). The summed E-state index contributed by atoms with van der Waals surface area (Å²) in [5.74, 6) is 0. The quantitative estimate of drug-likeness (QED) is 0.227. The normalized spacial score (nSPS) is 19.6. The molecule has 0 saturated carbocycles. The summed E-state index contributed by atoms with van der Waals surface area (Å²) in [6, 6.07) is 27.0. The van der Waals surface area contributed by atoms with Gasteiger partial charge in [-0.25, -0.2) is 0 Å². The molecule has 0 nitrogen and oxygen atoms in total. The van der Waals surface area contributed by atoms with Crippen molar-refractivity contribution in [2.75, 3.05) is 13.3 Å². The Balaban J connectivity index is 1.54. The summed E-state index contributed by atoms with van der Waals surface area (Å²) in [5.41, 5.74) is 10.5. The van der Waals surface area contributed by atoms with Crippen LogP contribution in [0.1, 0.15) is 36.5 Å². The van der Waals surface area contributed by atoms with Crippen LogP contribution in [0.4, 0.5) is 0 Å². The van der Waals surface area contributed by atoms with Crippen molar-refractivity contribution < 1.29 is 22.9 Å². The summed E-state index contributed by atoms with van der Waals surface area (Å²) in [7, 11) is -0.0411. The third-order valence-electron chi connectivity index (χ3n) is 6.12. The zero-order valence-corrected chi connectivity index (χ0v) is 21.7. The van der Waals surface area contributed by atoms with Gasteiger partial charge in [0.05, 0.1) is 0 Å². The Morgan fingerprint density at radius 1 is 0.724 bits per heavy atom. The van der Waals surface area contributed by atoms with Gasteiger partial charge in [0.2, 0.25) is 0 Å². The molecule has 0 spiro atoms. The van der Waals surface area contributed by atoms with E-state index >= 15 is 0 Å². The average Bonchev–Trinajstić information content (AvgIpc) is 3.27. The second kappa shape index (κ2) is 7.93. The summed E-state index contributed by atoms with van der Waals surface area (Å²) in [4.78, 5) is 0. The molecule has 0 saturated heterocycles. The van der Waals surface area contributed by atoms with Crippen molar-refractivity contribution >= 4 is 20.1 Å². The zero-order chi connectivity index (χ0) is 20.0. The Morgan fingerprint density at radius 3 is 2.24 bits per heavy atom. The van der Waals surface area contributed by atoms with E-state index in [2.05, 4.69) is 105 Å². The molecule has 3 aromatic carbocycles. The molecule has 0 aromatic heterocycles. The average molecular weight is 559 g/mol. The van der Waals surface area contributed by atoms with Gasteiger partial charge in [-0.3, -0.25) is 0 Å². The van der Waals surface area contributed by atoms with E-state index in [1.807, 2.05) is 0 Å². The number of benzene rings is 3. The molecule has 0 fully saturated rings. The molecule has 2 aliphatic carbocycles. The topological polar surface area (TPSA) is 0 Å². The van der Waals surface area contributed by atoms with Crippen molar-refractivity contribution in [2.24, 2.45) is 0 Å². The SMILES string of the molecule is CC1=Cc2c(-c3ccccc3)cccc2[CH]1[Hf][CH]1C(P(C)C)=Cc2ccccc21. The van der Waals surface area contributed by atoms with Gasteiger partial charge in [-0.05, 0) is 0 Å². The third-order valence-corrected chi connectivity index (χ3v) is 15.8. The van der Waals surface area contributed by atoms with Gasteiger partial charge in [-0.2, -0.15) is 0 Å². The fourth-order valence-electron chi connectivity index (χ4n) is 4.68. The maximum atomic E-state index is 2.52. The van der Waals surface area contributed by atoms with E-state index in [0.29, 0.717) is 3.67 Å². The van der Waals surface area contributed by atoms with Gasteiger partial charge in [0, 0.05) is 0 Å². The molecule has 0 bridgehead atoms. The minimum atomic E-state index is -1.04. The van der Waals surface area contributed by atoms with E-state index in [-0.39, 0.29) is 7.92 Å². The first-order valence-corrected chi connectivity index (χ1v) is 16.6. The van der Waals surface area contributed by atoms with Crippen LogP contribution in [0, 0.1) is 0 Å². The fraction of sp³-hybridized carbons (Fsp3) is 0.185. The Morgan fingerprint density at radius 2 is 1.45 bits per heavy atom. The van der Waals surface area contributed by atoms with Gasteiger partial charge in [-0.1, -0.05) is 0 Å². The molecule has 2 atom stereocenters. The standard InChI is InChI=1S/C16H13.C11H12P.Hf/c1-12-10-14-8-5-9-15(16(14)11-12)13-6-3-2-4-7-13;1-12(2)11-7-9-5-3-4-6-10(9)8-11;/h2-11H,1H3;3-8H,1-2H3;. The summed E-state index contributed by atoms with van der Waals surface area (Å²) in [6.07, 6.45) is 5.01. The van der Waals surface area contributed by atoms with Crippen LogP contribution in [0.25, 0.3) is 23.3 Å². The second-order valence-electron chi connectivity index (χ2n) is 8.19. The Bertz CT molecular complexity index is 1120. The van der Waals surface area contributed by atoms with E-state index in [1.54, 1.807) is 22.0 Å². The Hall–Kier alpha value is -1.56. The van der Waals surface area contributed by atoms with E-state index in [4.69, 9.17) is 0 Å². The van der Waals surface area contributed by atoms with Crippen LogP contribution in [-0.4, -0.2) is 13.3 Å². The van der Waals surface area contributed by atoms with Crippen molar-refractivity contribution in [2.45, 2.75) is 14.3 Å². The molecular formula is C27H25HfP. The van der Waals surface area contributed by atoms with E-state index in [9.17, 15) is 0 Å². The molecule has 2 heteroatoms. The fourth-order valence-corrected chi connectivity index (χ4v) is 15.6. The van der Waals surface area contributed by atoms with Crippen molar-refractivity contribution in [3.63, 3.8) is 0 Å². The molecule has 2 aliphatic rings. The van der Waals surface area contributed by atoms with Crippen LogP contribution in [0.3, 0.4) is 0 Å². The van der Waals surface area contributed by atoms with Gasteiger partial charge >= 0.3 is 188 Å². The van der Waals surface area contributed by atoms with Crippen molar-refractivity contribution in [1.29, 1.82) is 0 Å². The number of hydrogen-bond acceptors (Lipinski definition) is 0. The van der Waals surface area contributed by atoms with Crippen LogP contribution < -0.4 is 0 Å². The maximum absolute atomic E-state index is 2.52. The molecule has 0 N–H and O–H groups in total. The summed E-state index contributed by atoms with van der Waals surface area (Å²) in [6.45, 7) is 7.24. The van der Waals surface area contributed by atoms with Crippen LogP contribution in [0.5, 0.6) is 0 Å². The summed E-state index contributed by atoms with van der Waals surface area (Å²) >= 11 is -1.04. The molecule has 142 valence electrons. The first-order valence-electron chi connectivity index (χ1n) is 10.2. The molecule has 2 unspecified atom stereocenters. The van der Waals surface area contributed by atoms with E-state index in [1.165, 1.54) is 22.3 Å². The Kier molecular flexibility index (Phi) is 5.31. The molecule has 0 amide bonds. The van der Waals surface area contributed by atoms with Crippen molar-refractivity contribution in [3.05, 3.63) is 106 Å². The van der Waals surface area contributed by atoms with Gasteiger partial charge in [0.25, 0.3) is 0 Å². The summed E-state index contributed by atoms with van der Waals surface area (Å²) in [5, 5.41) is 1.74. The third kappa shape index (κ3) is 3.47. The molecule has 29 heavy (non-hydrogen) atoms. The van der Waals surface area contributed by atoms with Crippen LogP contribution in [0.2, 0.25) is 0 Å². The van der Waals surface area contributed by atoms with Crippen LogP contribution >= 0.6 is 7.92 Å². The van der Waals surface area contributed by atoms with Crippen LogP contribution in [0.15, 0.2) is 83.7 Å². The van der Waals surface area contributed by atoms with Gasteiger partial charge in [-0.15, -0.1) is 0 Å².